The van der Waals surface area contributed by atoms with Crippen molar-refractivity contribution in [3.05, 3.63) is 36.0 Å². The Morgan fingerprint density at radius 1 is 1.27 bits per heavy atom. The van der Waals surface area contributed by atoms with Crippen LogP contribution in [0, 0.1) is 5.92 Å². The fourth-order valence-electron chi connectivity index (χ4n) is 3.48. The van der Waals surface area contributed by atoms with E-state index >= 15 is 0 Å². The van der Waals surface area contributed by atoms with Gasteiger partial charge in [0.2, 0.25) is 5.91 Å². The number of amides is 1. The van der Waals surface area contributed by atoms with Gasteiger partial charge in [0, 0.05) is 36.1 Å². The maximum atomic E-state index is 12.1. The lowest BCUT2D eigenvalue weighted by Crippen LogP contribution is -2.37. The van der Waals surface area contributed by atoms with Crippen LogP contribution in [-0.4, -0.2) is 23.5 Å². The fraction of sp³-hybridized carbons (Fsp3) is 0.500. The summed E-state index contributed by atoms with van der Waals surface area (Å²) in [5.41, 5.74) is 8.52. The number of aromatic amines is 1. The highest BCUT2D eigenvalue weighted by atomic mass is 16.1. The zero-order valence-corrected chi connectivity index (χ0v) is 13.0. The van der Waals surface area contributed by atoms with Crippen molar-refractivity contribution in [3.8, 4) is 0 Å². The largest absolute Gasteiger partial charge is 0.361 e. The van der Waals surface area contributed by atoms with Crippen LogP contribution in [0.3, 0.4) is 0 Å². The number of aromatic nitrogens is 1. The molecule has 2 unspecified atom stereocenters. The SMILES string of the molecule is NC1CCCCC1CC(=O)NCCc1c[nH]c2ccccc12. The first-order valence-corrected chi connectivity index (χ1v) is 8.31. The molecule has 4 nitrogen and oxygen atoms in total. The molecule has 0 saturated heterocycles. The van der Waals surface area contributed by atoms with Crippen molar-refractivity contribution in [2.24, 2.45) is 11.7 Å². The number of H-pyrrole nitrogens is 1. The zero-order chi connectivity index (χ0) is 15.4. The Labute approximate surface area is 131 Å². The standard InChI is InChI=1S/C18H25N3O/c19-16-7-3-1-5-13(16)11-18(22)20-10-9-14-12-21-17-8-4-2-6-15(14)17/h2,4,6,8,12-13,16,21H,1,3,5,7,9-11,19H2,(H,20,22). The van der Waals surface area contributed by atoms with Gasteiger partial charge in [-0.3, -0.25) is 4.79 Å². The number of nitrogens with two attached hydrogens (primary N) is 1. The molecule has 1 aromatic heterocycles. The minimum atomic E-state index is 0.141. The first-order valence-electron chi connectivity index (χ1n) is 8.31. The number of hydrogen-bond acceptors (Lipinski definition) is 2. The van der Waals surface area contributed by atoms with Crippen LogP contribution < -0.4 is 11.1 Å². The minimum Gasteiger partial charge on any atom is -0.361 e. The summed E-state index contributed by atoms with van der Waals surface area (Å²) in [6.45, 7) is 0.683. The smallest absolute Gasteiger partial charge is 0.220 e. The zero-order valence-electron chi connectivity index (χ0n) is 13.0. The summed E-state index contributed by atoms with van der Waals surface area (Å²) in [6.07, 6.45) is 8.04. The van der Waals surface area contributed by atoms with Gasteiger partial charge in [0.1, 0.15) is 0 Å². The van der Waals surface area contributed by atoms with Gasteiger partial charge in [-0.1, -0.05) is 31.0 Å². The molecular weight excluding hydrogens is 274 g/mol. The van der Waals surface area contributed by atoms with Crippen LogP contribution in [0.25, 0.3) is 10.9 Å². The molecule has 3 rings (SSSR count). The molecule has 1 aliphatic rings. The molecule has 4 heteroatoms. The highest BCUT2D eigenvalue weighted by molar-refractivity contribution is 5.83. The van der Waals surface area contributed by atoms with E-state index in [1.807, 2.05) is 18.3 Å². The van der Waals surface area contributed by atoms with Gasteiger partial charge in [-0.2, -0.15) is 0 Å². The van der Waals surface area contributed by atoms with Crippen molar-refractivity contribution in [2.75, 3.05) is 6.54 Å². The number of fused-ring (bicyclic) bond motifs is 1. The summed E-state index contributed by atoms with van der Waals surface area (Å²) >= 11 is 0. The average molecular weight is 299 g/mol. The summed E-state index contributed by atoms with van der Waals surface area (Å²) in [6, 6.07) is 8.46. The molecule has 1 aromatic carbocycles. The Morgan fingerprint density at radius 3 is 2.95 bits per heavy atom. The van der Waals surface area contributed by atoms with Gasteiger partial charge in [0.25, 0.3) is 0 Å². The number of rotatable bonds is 5. The molecule has 2 aromatic rings. The van der Waals surface area contributed by atoms with Gasteiger partial charge >= 0.3 is 0 Å². The summed E-state index contributed by atoms with van der Waals surface area (Å²) in [5.74, 6) is 0.504. The van der Waals surface area contributed by atoms with E-state index in [1.165, 1.54) is 23.8 Å². The number of hydrogen-bond donors (Lipinski definition) is 3. The van der Waals surface area contributed by atoms with Crippen molar-refractivity contribution in [2.45, 2.75) is 44.6 Å². The lowest BCUT2D eigenvalue weighted by atomic mass is 9.83. The van der Waals surface area contributed by atoms with Crippen molar-refractivity contribution < 1.29 is 4.79 Å². The minimum absolute atomic E-state index is 0.141. The fourth-order valence-corrected chi connectivity index (χ4v) is 3.48. The van der Waals surface area contributed by atoms with Crippen LogP contribution in [-0.2, 0) is 11.2 Å². The first-order chi connectivity index (χ1) is 10.7. The summed E-state index contributed by atoms with van der Waals surface area (Å²) < 4.78 is 0. The summed E-state index contributed by atoms with van der Waals surface area (Å²) in [5, 5.41) is 4.29. The third-order valence-corrected chi connectivity index (χ3v) is 4.81. The van der Waals surface area contributed by atoms with E-state index in [9.17, 15) is 4.79 Å². The van der Waals surface area contributed by atoms with Crippen molar-refractivity contribution in [3.63, 3.8) is 0 Å². The predicted octanol–water partition coefficient (Wildman–Crippen LogP) is 2.73. The average Bonchev–Trinajstić information content (AvgIpc) is 2.93. The van der Waals surface area contributed by atoms with Crippen molar-refractivity contribution in [1.82, 2.24) is 10.3 Å². The third kappa shape index (κ3) is 3.50. The molecule has 4 N–H and O–H groups in total. The van der Waals surface area contributed by atoms with Crippen LogP contribution in [0.4, 0.5) is 0 Å². The second-order valence-corrected chi connectivity index (χ2v) is 6.37. The van der Waals surface area contributed by atoms with Gasteiger partial charge in [-0.25, -0.2) is 0 Å². The Kier molecular flexibility index (Phi) is 4.78. The highest BCUT2D eigenvalue weighted by Crippen LogP contribution is 2.25. The number of benzene rings is 1. The van der Waals surface area contributed by atoms with E-state index in [-0.39, 0.29) is 11.9 Å². The molecule has 0 bridgehead atoms. The van der Waals surface area contributed by atoms with E-state index in [0.717, 1.165) is 24.8 Å². The monoisotopic (exact) mass is 299 g/mol. The number of carbonyl (C=O) groups excluding carboxylic acids is 1. The normalized spacial score (nSPS) is 21.9. The van der Waals surface area contributed by atoms with Gasteiger partial charge in [-0.15, -0.1) is 0 Å². The van der Waals surface area contributed by atoms with E-state index in [1.54, 1.807) is 0 Å². The summed E-state index contributed by atoms with van der Waals surface area (Å²) in [4.78, 5) is 15.3. The molecule has 1 saturated carbocycles. The van der Waals surface area contributed by atoms with E-state index in [0.29, 0.717) is 18.9 Å². The molecular formula is C18H25N3O. The molecule has 1 fully saturated rings. The van der Waals surface area contributed by atoms with Crippen LogP contribution in [0.5, 0.6) is 0 Å². The Morgan fingerprint density at radius 2 is 2.09 bits per heavy atom. The van der Waals surface area contributed by atoms with Crippen molar-refractivity contribution >= 4 is 16.8 Å². The van der Waals surface area contributed by atoms with Gasteiger partial charge in [-0.05, 0) is 36.8 Å². The Hall–Kier alpha value is -1.81. The van der Waals surface area contributed by atoms with Crippen LogP contribution in [0.2, 0.25) is 0 Å². The molecule has 118 valence electrons. The molecule has 1 amide bonds. The van der Waals surface area contributed by atoms with Crippen LogP contribution >= 0.6 is 0 Å². The Balaban J connectivity index is 1.47. The maximum absolute atomic E-state index is 12.1. The van der Waals surface area contributed by atoms with Crippen LogP contribution in [0.1, 0.15) is 37.7 Å². The van der Waals surface area contributed by atoms with Gasteiger partial charge < -0.3 is 16.0 Å². The molecule has 0 radical (unpaired) electrons. The number of carbonyl (C=O) groups is 1. The van der Waals surface area contributed by atoms with Crippen LogP contribution in [0.15, 0.2) is 30.5 Å². The predicted molar refractivity (Wildman–Crippen MR) is 89.6 cm³/mol. The quantitative estimate of drug-likeness (QED) is 0.794. The van der Waals surface area contributed by atoms with E-state index < -0.39 is 0 Å². The number of nitrogens with one attached hydrogen (secondary N) is 2. The van der Waals surface area contributed by atoms with E-state index in [4.69, 9.17) is 5.73 Å². The molecule has 0 aliphatic heterocycles. The number of para-hydroxylation sites is 1. The second-order valence-electron chi connectivity index (χ2n) is 6.37. The lowest BCUT2D eigenvalue weighted by Gasteiger charge is -2.27. The third-order valence-electron chi connectivity index (χ3n) is 4.81. The van der Waals surface area contributed by atoms with Gasteiger partial charge in [0.15, 0.2) is 0 Å². The first kappa shape index (κ1) is 15.1. The maximum Gasteiger partial charge on any atom is 0.220 e. The lowest BCUT2D eigenvalue weighted by molar-refractivity contribution is -0.122. The topological polar surface area (TPSA) is 70.9 Å². The molecule has 2 atom stereocenters. The molecule has 0 spiro atoms. The molecule has 1 heterocycles. The Bertz CT molecular complexity index is 634. The molecule has 1 aliphatic carbocycles. The van der Waals surface area contributed by atoms with E-state index in [2.05, 4.69) is 22.4 Å². The summed E-state index contributed by atoms with van der Waals surface area (Å²) in [7, 11) is 0. The highest BCUT2D eigenvalue weighted by Gasteiger charge is 2.23. The molecule has 22 heavy (non-hydrogen) atoms. The second kappa shape index (κ2) is 6.97. The van der Waals surface area contributed by atoms with Crippen molar-refractivity contribution in [1.29, 1.82) is 0 Å². The van der Waals surface area contributed by atoms with Gasteiger partial charge in [0.05, 0.1) is 0 Å².